The van der Waals surface area contributed by atoms with Crippen LogP contribution in [-0.4, -0.2) is 50.9 Å². The van der Waals surface area contributed by atoms with Gasteiger partial charge in [0.15, 0.2) is 5.01 Å². The number of likely N-dealkylation sites (tertiary alicyclic amines) is 1. The fraction of sp³-hybridized carbons (Fsp3) is 0.368. The van der Waals surface area contributed by atoms with Crippen LogP contribution < -0.4 is 5.32 Å². The molecule has 0 aliphatic carbocycles. The monoisotopic (exact) mass is 478 g/mol. The molecule has 1 N–H and O–H groups in total. The molecule has 10 heteroatoms. The predicted molar refractivity (Wildman–Crippen MR) is 113 cm³/mol. The molecule has 7 nitrogen and oxygen atoms in total. The SMILES string of the molecule is CN1CCC(C(=O)Nc2nnc(-c3cc(Br)ccc3F)s2)C(c2ccnn2C)C1. The highest BCUT2D eigenvalue weighted by molar-refractivity contribution is 9.10. The average Bonchev–Trinajstić information content (AvgIpc) is 3.32. The summed E-state index contributed by atoms with van der Waals surface area (Å²) in [6.07, 6.45) is 2.49. The number of piperidine rings is 1. The summed E-state index contributed by atoms with van der Waals surface area (Å²) in [5, 5.41) is 16.0. The molecule has 0 bridgehead atoms. The van der Waals surface area contributed by atoms with Crippen LogP contribution in [0.2, 0.25) is 0 Å². The third-order valence-electron chi connectivity index (χ3n) is 5.21. The van der Waals surface area contributed by atoms with E-state index >= 15 is 0 Å². The number of nitrogens with one attached hydrogen (secondary N) is 1. The highest BCUT2D eigenvalue weighted by atomic mass is 79.9. The van der Waals surface area contributed by atoms with Gasteiger partial charge < -0.3 is 10.2 Å². The summed E-state index contributed by atoms with van der Waals surface area (Å²) >= 11 is 4.50. The van der Waals surface area contributed by atoms with Gasteiger partial charge in [0.1, 0.15) is 5.82 Å². The van der Waals surface area contributed by atoms with Crippen LogP contribution in [0.3, 0.4) is 0 Å². The summed E-state index contributed by atoms with van der Waals surface area (Å²) in [5.41, 5.74) is 1.38. The number of halogens is 2. The Kier molecular flexibility index (Phi) is 5.75. The Morgan fingerprint density at radius 2 is 2.14 bits per heavy atom. The third-order valence-corrected chi connectivity index (χ3v) is 6.57. The fourth-order valence-electron chi connectivity index (χ4n) is 3.72. The number of nitrogens with zero attached hydrogens (tertiary/aromatic N) is 5. The molecule has 1 amide bonds. The molecule has 2 atom stereocenters. The number of anilines is 1. The first-order valence-corrected chi connectivity index (χ1v) is 10.8. The van der Waals surface area contributed by atoms with Gasteiger partial charge in [-0.05, 0) is 44.3 Å². The zero-order valence-corrected chi connectivity index (χ0v) is 18.4. The first kappa shape index (κ1) is 20.1. The molecule has 4 rings (SSSR count). The second-order valence-electron chi connectivity index (χ2n) is 7.17. The van der Waals surface area contributed by atoms with Crippen LogP contribution in [0.1, 0.15) is 18.0 Å². The van der Waals surface area contributed by atoms with Gasteiger partial charge in [-0.3, -0.25) is 9.48 Å². The van der Waals surface area contributed by atoms with Gasteiger partial charge in [0.05, 0.1) is 0 Å². The van der Waals surface area contributed by atoms with E-state index in [0.29, 0.717) is 15.7 Å². The zero-order valence-electron chi connectivity index (χ0n) is 16.0. The van der Waals surface area contributed by atoms with Crippen molar-refractivity contribution in [2.75, 3.05) is 25.5 Å². The molecule has 1 aliphatic heterocycles. The lowest BCUT2D eigenvalue weighted by atomic mass is 9.82. The van der Waals surface area contributed by atoms with E-state index in [9.17, 15) is 9.18 Å². The largest absolute Gasteiger partial charge is 0.306 e. The number of aryl methyl sites for hydroxylation is 1. The highest BCUT2D eigenvalue weighted by Gasteiger charge is 2.36. The van der Waals surface area contributed by atoms with E-state index in [2.05, 4.69) is 48.5 Å². The maximum absolute atomic E-state index is 14.1. The lowest BCUT2D eigenvalue weighted by Crippen LogP contribution is -2.42. The van der Waals surface area contributed by atoms with Gasteiger partial charge in [0.25, 0.3) is 0 Å². The molecule has 1 aliphatic rings. The van der Waals surface area contributed by atoms with Gasteiger partial charge in [-0.1, -0.05) is 27.3 Å². The van der Waals surface area contributed by atoms with Crippen LogP contribution in [0.15, 0.2) is 34.9 Å². The Balaban J connectivity index is 1.53. The molecule has 1 saturated heterocycles. The number of likely N-dealkylation sites (N-methyl/N-ethyl adjacent to an activating group) is 1. The van der Waals surface area contributed by atoms with Crippen LogP contribution in [0.25, 0.3) is 10.6 Å². The maximum Gasteiger partial charge on any atom is 0.230 e. The molecule has 3 heterocycles. The van der Waals surface area contributed by atoms with E-state index in [-0.39, 0.29) is 23.6 Å². The summed E-state index contributed by atoms with van der Waals surface area (Å²) in [7, 11) is 3.95. The minimum Gasteiger partial charge on any atom is -0.306 e. The van der Waals surface area contributed by atoms with Crippen LogP contribution in [0.4, 0.5) is 9.52 Å². The number of rotatable bonds is 4. The van der Waals surface area contributed by atoms with E-state index < -0.39 is 0 Å². The van der Waals surface area contributed by atoms with Crippen molar-refractivity contribution in [2.24, 2.45) is 13.0 Å². The van der Waals surface area contributed by atoms with Crippen molar-refractivity contribution in [3.8, 4) is 10.6 Å². The third kappa shape index (κ3) is 4.24. The Hall–Kier alpha value is -2.17. The van der Waals surface area contributed by atoms with Crippen molar-refractivity contribution in [1.29, 1.82) is 0 Å². The number of carbonyl (C=O) groups excluding carboxylic acids is 1. The molecule has 0 spiro atoms. The zero-order chi connectivity index (χ0) is 20.5. The molecule has 0 saturated carbocycles. The lowest BCUT2D eigenvalue weighted by Gasteiger charge is -2.35. The number of hydrogen-bond acceptors (Lipinski definition) is 6. The Labute approximate surface area is 180 Å². The van der Waals surface area contributed by atoms with E-state index in [1.807, 2.05) is 17.8 Å². The molecule has 0 radical (unpaired) electrons. The second kappa shape index (κ2) is 8.29. The fourth-order valence-corrected chi connectivity index (χ4v) is 4.84. The first-order valence-electron chi connectivity index (χ1n) is 9.18. The first-order chi connectivity index (χ1) is 13.9. The number of aromatic nitrogens is 4. The summed E-state index contributed by atoms with van der Waals surface area (Å²) in [4.78, 5) is 15.3. The summed E-state index contributed by atoms with van der Waals surface area (Å²) in [5.74, 6) is -0.636. The Morgan fingerprint density at radius 3 is 2.90 bits per heavy atom. The van der Waals surface area contributed by atoms with Crippen LogP contribution in [-0.2, 0) is 11.8 Å². The molecule has 1 aromatic carbocycles. The van der Waals surface area contributed by atoms with E-state index in [0.717, 1.165) is 41.0 Å². The number of benzene rings is 1. The van der Waals surface area contributed by atoms with E-state index in [1.54, 1.807) is 18.3 Å². The number of amides is 1. The van der Waals surface area contributed by atoms with Gasteiger partial charge >= 0.3 is 0 Å². The van der Waals surface area contributed by atoms with Crippen molar-refractivity contribution in [1.82, 2.24) is 24.9 Å². The molecule has 152 valence electrons. The van der Waals surface area contributed by atoms with Gasteiger partial charge in [0.2, 0.25) is 11.0 Å². The molecule has 1 fully saturated rings. The van der Waals surface area contributed by atoms with Gasteiger partial charge in [0, 0.05) is 47.4 Å². The van der Waals surface area contributed by atoms with Crippen LogP contribution >= 0.6 is 27.3 Å². The van der Waals surface area contributed by atoms with E-state index in [4.69, 9.17) is 0 Å². The maximum atomic E-state index is 14.1. The second-order valence-corrected chi connectivity index (χ2v) is 9.06. The van der Waals surface area contributed by atoms with Gasteiger partial charge in [-0.15, -0.1) is 10.2 Å². The van der Waals surface area contributed by atoms with E-state index in [1.165, 1.54) is 6.07 Å². The lowest BCUT2D eigenvalue weighted by molar-refractivity contribution is -0.121. The molecular weight excluding hydrogens is 459 g/mol. The normalized spacial score (nSPS) is 20.0. The molecule has 29 heavy (non-hydrogen) atoms. The molecule has 3 aromatic rings. The molecule has 2 aromatic heterocycles. The summed E-state index contributed by atoms with van der Waals surface area (Å²) in [6.45, 7) is 1.62. The quantitative estimate of drug-likeness (QED) is 0.620. The molecular formula is C19H20BrFN6OS. The minimum absolute atomic E-state index is 0.0381. The van der Waals surface area contributed by atoms with Crippen molar-refractivity contribution in [2.45, 2.75) is 12.3 Å². The summed E-state index contributed by atoms with van der Waals surface area (Å²) < 4.78 is 16.7. The standard InChI is InChI=1S/C19H20BrFN6OS/c1-26-8-6-12(14(10-26)16-5-7-22-27(16)2)17(28)23-19-25-24-18(29-19)13-9-11(20)3-4-15(13)21/h3-5,7,9,12,14H,6,8,10H2,1-2H3,(H,23,25,28). The van der Waals surface area contributed by atoms with Crippen molar-refractivity contribution in [3.63, 3.8) is 0 Å². The topological polar surface area (TPSA) is 75.9 Å². The van der Waals surface area contributed by atoms with Crippen LogP contribution in [0.5, 0.6) is 0 Å². The number of hydrogen-bond donors (Lipinski definition) is 1. The minimum atomic E-state index is -0.381. The van der Waals surface area contributed by atoms with Crippen molar-refractivity contribution < 1.29 is 9.18 Å². The Morgan fingerprint density at radius 1 is 1.31 bits per heavy atom. The smallest absolute Gasteiger partial charge is 0.230 e. The highest BCUT2D eigenvalue weighted by Crippen LogP contribution is 2.34. The van der Waals surface area contributed by atoms with Gasteiger partial charge in [-0.25, -0.2) is 4.39 Å². The number of carbonyl (C=O) groups is 1. The summed E-state index contributed by atoms with van der Waals surface area (Å²) in [6, 6.07) is 6.61. The average molecular weight is 479 g/mol. The predicted octanol–water partition coefficient (Wildman–Crippen LogP) is 3.51. The van der Waals surface area contributed by atoms with Crippen LogP contribution in [0, 0.1) is 11.7 Å². The van der Waals surface area contributed by atoms with Crippen molar-refractivity contribution in [3.05, 3.63) is 46.4 Å². The molecule has 2 unspecified atom stereocenters. The Bertz CT molecular complexity index is 1040. The van der Waals surface area contributed by atoms with Gasteiger partial charge in [-0.2, -0.15) is 5.10 Å². The van der Waals surface area contributed by atoms with Crippen molar-refractivity contribution >= 4 is 38.3 Å².